The van der Waals surface area contributed by atoms with Gasteiger partial charge < -0.3 is 5.32 Å². The maximum Gasteiger partial charge on any atom is 0.272 e. The van der Waals surface area contributed by atoms with Gasteiger partial charge in [-0.1, -0.05) is 11.6 Å². The van der Waals surface area contributed by atoms with E-state index < -0.39 is 0 Å². The Kier molecular flexibility index (Phi) is 5.33. The second-order valence-corrected chi connectivity index (χ2v) is 7.41. The number of benzene rings is 1. The van der Waals surface area contributed by atoms with E-state index in [2.05, 4.69) is 26.8 Å². The summed E-state index contributed by atoms with van der Waals surface area (Å²) in [4.78, 5) is 13.0. The quantitative estimate of drug-likeness (QED) is 0.624. The van der Waals surface area contributed by atoms with E-state index in [1.807, 2.05) is 5.01 Å². The number of rotatable bonds is 4. The number of fused-ring (bicyclic) bond motifs is 1. The first-order valence-electron chi connectivity index (χ1n) is 9.58. The summed E-state index contributed by atoms with van der Waals surface area (Å²) in [7, 11) is 0. The molecule has 2 aliphatic rings. The molecule has 142 valence electrons. The first-order chi connectivity index (χ1) is 13.2. The Balaban J connectivity index is 1.37. The molecule has 0 saturated carbocycles. The van der Waals surface area contributed by atoms with Crippen LogP contribution < -0.4 is 5.32 Å². The lowest BCUT2D eigenvalue weighted by atomic mass is 9.97. The van der Waals surface area contributed by atoms with E-state index in [0.29, 0.717) is 22.7 Å². The molecule has 8 heteroatoms. The van der Waals surface area contributed by atoms with E-state index in [0.717, 1.165) is 31.4 Å². The summed E-state index contributed by atoms with van der Waals surface area (Å²) in [5.41, 5.74) is 3.55. The molecule has 0 radical (unpaired) electrons. The maximum atomic E-state index is 13.0. The fraction of sp³-hybridized carbons (Fsp3) is 0.474. The highest BCUT2D eigenvalue weighted by Gasteiger charge is 2.29. The highest BCUT2D eigenvalue weighted by Crippen LogP contribution is 2.20. The number of nitrogens with one attached hydrogen (secondary N) is 2. The van der Waals surface area contributed by atoms with Crippen LogP contribution in [0.15, 0.2) is 29.8 Å². The number of hydrogen-bond acceptors (Lipinski definition) is 4. The molecule has 1 aromatic carbocycles. The Morgan fingerprint density at radius 2 is 2.00 bits per heavy atom. The SMILES string of the molecule is O=C(c1ccc2n[nH]nc2c1)N1CCCN1C(=S)NCCC1=CCCCC1. The molecule has 1 aliphatic heterocycles. The molecule has 1 aliphatic carbocycles. The van der Waals surface area contributed by atoms with Crippen molar-refractivity contribution in [3.05, 3.63) is 35.4 Å². The lowest BCUT2D eigenvalue weighted by Gasteiger charge is -2.30. The number of amides is 1. The molecule has 27 heavy (non-hydrogen) atoms. The Bertz CT molecular complexity index is 876. The van der Waals surface area contributed by atoms with Gasteiger partial charge in [-0.3, -0.25) is 9.80 Å². The molecule has 2 aromatic rings. The summed E-state index contributed by atoms with van der Waals surface area (Å²) in [5, 5.41) is 18.2. The van der Waals surface area contributed by atoms with E-state index in [1.165, 1.54) is 31.3 Å². The molecule has 4 rings (SSSR count). The van der Waals surface area contributed by atoms with Crippen LogP contribution in [0, 0.1) is 0 Å². The van der Waals surface area contributed by atoms with Gasteiger partial charge in [0.1, 0.15) is 11.0 Å². The molecule has 0 spiro atoms. The van der Waals surface area contributed by atoms with Gasteiger partial charge >= 0.3 is 0 Å². The van der Waals surface area contributed by atoms with Crippen LogP contribution in [0.2, 0.25) is 0 Å². The second kappa shape index (κ2) is 8.04. The van der Waals surface area contributed by atoms with E-state index in [1.54, 1.807) is 23.2 Å². The topological polar surface area (TPSA) is 77.2 Å². The summed E-state index contributed by atoms with van der Waals surface area (Å²) in [6.07, 6.45) is 9.29. The van der Waals surface area contributed by atoms with Crippen LogP contribution in [0.3, 0.4) is 0 Å². The van der Waals surface area contributed by atoms with Crippen LogP contribution >= 0.6 is 12.2 Å². The van der Waals surface area contributed by atoms with Crippen molar-refractivity contribution < 1.29 is 4.79 Å². The van der Waals surface area contributed by atoms with Gasteiger partial charge in [0.2, 0.25) is 0 Å². The van der Waals surface area contributed by atoms with Gasteiger partial charge in [-0.25, -0.2) is 5.01 Å². The fourth-order valence-corrected chi connectivity index (χ4v) is 4.00. The Hall–Kier alpha value is -2.48. The van der Waals surface area contributed by atoms with Crippen molar-refractivity contribution in [2.45, 2.75) is 38.5 Å². The summed E-state index contributed by atoms with van der Waals surface area (Å²) in [5.74, 6) is -0.0588. The number of allylic oxidation sites excluding steroid dienone is 1. The Labute approximate surface area is 163 Å². The predicted molar refractivity (Wildman–Crippen MR) is 108 cm³/mol. The minimum Gasteiger partial charge on any atom is -0.361 e. The van der Waals surface area contributed by atoms with E-state index in [-0.39, 0.29) is 5.91 Å². The Morgan fingerprint density at radius 3 is 2.85 bits per heavy atom. The maximum absolute atomic E-state index is 13.0. The fourth-order valence-electron chi connectivity index (χ4n) is 3.71. The average molecular weight is 385 g/mol. The molecule has 0 atom stereocenters. The molecular formula is C19H24N6OS. The highest BCUT2D eigenvalue weighted by atomic mass is 32.1. The first-order valence-corrected chi connectivity index (χ1v) is 9.99. The molecule has 1 amide bonds. The zero-order chi connectivity index (χ0) is 18.6. The molecular weight excluding hydrogens is 360 g/mol. The van der Waals surface area contributed by atoms with Gasteiger partial charge in [-0.05, 0) is 68.9 Å². The van der Waals surface area contributed by atoms with Gasteiger partial charge in [-0.2, -0.15) is 15.4 Å². The standard InChI is InChI=1S/C19H24N6OS/c26-18(15-7-8-16-17(13-15)22-23-21-16)24-11-4-12-25(24)19(27)20-10-9-14-5-2-1-3-6-14/h5,7-8,13H,1-4,6,9-12H2,(H,20,27)(H,21,22,23). The van der Waals surface area contributed by atoms with Crippen molar-refractivity contribution >= 4 is 34.3 Å². The lowest BCUT2D eigenvalue weighted by Crippen LogP contribution is -2.49. The summed E-state index contributed by atoms with van der Waals surface area (Å²) >= 11 is 5.56. The average Bonchev–Trinajstić information content (AvgIpc) is 3.37. The van der Waals surface area contributed by atoms with Crippen LogP contribution in [0.1, 0.15) is 48.9 Å². The Morgan fingerprint density at radius 1 is 1.15 bits per heavy atom. The summed E-state index contributed by atoms with van der Waals surface area (Å²) < 4.78 is 0. The molecule has 7 nitrogen and oxygen atoms in total. The van der Waals surface area contributed by atoms with Crippen molar-refractivity contribution in [2.75, 3.05) is 19.6 Å². The van der Waals surface area contributed by atoms with Crippen molar-refractivity contribution in [2.24, 2.45) is 0 Å². The molecule has 1 fully saturated rings. The van der Waals surface area contributed by atoms with Crippen molar-refractivity contribution in [3.63, 3.8) is 0 Å². The van der Waals surface area contributed by atoms with Gasteiger partial charge in [0.15, 0.2) is 5.11 Å². The molecule has 1 saturated heterocycles. The summed E-state index contributed by atoms with van der Waals surface area (Å²) in [6.45, 7) is 2.24. The zero-order valence-electron chi connectivity index (χ0n) is 15.3. The molecule has 0 bridgehead atoms. The minimum absolute atomic E-state index is 0.0588. The number of H-pyrrole nitrogens is 1. The third-order valence-electron chi connectivity index (χ3n) is 5.17. The minimum atomic E-state index is -0.0588. The van der Waals surface area contributed by atoms with Crippen molar-refractivity contribution in [1.82, 2.24) is 30.7 Å². The van der Waals surface area contributed by atoms with Crippen LogP contribution in [0.5, 0.6) is 0 Å². The largest absolute Gasteiger partial charge is 0.361 e. The van der Waals surface area contributed by atoms with Gasteiger partial charge in [0.25, 0.3) is 5.91 Å². The number of hydrazine groups is 1. The molecule has 2 N–H and O–H groups in total. The zero-order valence-corrected chi connectivity index (χ0v) is 16.1. The number of nitrogens with zero attached hydrogens (tertiary/aromatic N) is 4. The third kappa shape index (κ3) is 3.95. The van der Waals surface area contributed by atoms with Gasteiger partial charge in [0.05, 0.1) is 0 Å². The van der Waals surface area contributed by atoms with Crippen LogP contribution in [0.25, 0.3) is 11.0 Å². The van der Waals surface area contributed by atoms with E-state index in [9.17, 15) is 4.79 Å². The number of carbonyl (C=O) groups is 1. The molecule has 2 heterocycles. The predicted octanol–water partition coefficient (Wildman–Crippen LogP) is 2.79. The number of thiocarbonyl (C=S) groups is 1. The number of hydrogen-bond donors (Lipinski definition) is 2. The number of aromatic amines is 1. The van der Waals surface area contributed by atoms with Gasteiger partial charge in [0, 0.05) is 25.2 Å². The monoisotopic (exact) mass is 384 g/mol. The first kappa shape index (κ1) is 17.9. The normalized spacial score (nSPS) is 17.3. The molecule has 1 aromatic heterocycles. The van der Waals surface area contributed by atoms with E-state index in [4.69, 9.17) is 12.2 Å². The molecule has 0 unspecified atom stereocenters. The van der Waals surface area contributed by atoms with Crippen LogP contribution in [-0.2, 0) is 0 Å². The van der Waals surface area contributed by atoms with Crippen molar-refractivity contribution in [1.29, 1.82) is 0 Å². The van der Waals surface area contributed by atoms with Gasteiger partial charge in [-0.15, -0.1) is 0 Å². The third-order valence-corrected chi connectivity index (χ3v) is 5.53. The van der Waals surface area contributed by atoms with Crippen LogP contribution in [0.4, 0.5) is 0 Å². The summed E-state index contributed by atoms with van der Waals surface area (Å²) in [6, 6.07) is 5.36. The second-order valence-electron chi connectivity index (χ2n) is 7.02. The van der Waals surface area contributed by atoms with Crippen LogP contribution in [-0.4, -0.2) is 56.1 Å². The lowest BCUT2D eigenvalue weighted by molar-refractivity contribution is 0.0492. The number of carbonyl (C=O) groups excluding carboxylic acids is 1. The highest BCUT2D eigenvalue weighted by molar-refractivity contribution is 7.80. The van der Waals surface area contributed by atoms with Crippen molar-refractivity contribution in [3.8, 4) is 0 Å². The number of aromatic nitrogens is 3. The smallest absolute Gasteiger partial charge is 0.272 e. The van der Waals surface area contributed by atoms with E-state index >= 15 is 0 Å².